The van der Waals surface area contributed by atoms with E-state index in [9.17, 15) is 14.3 Å². The number of ether oxygens (including phenoxy) is 2. The molecule has 1 N–H and O–H groups in total. The minimum Gasteiger partial charge on any atom is -0.484 e. The van der Waals surface area contributed by atoms with Crippen molar-refractivity contribution in [3.8, 4) is 5.75 Å². The van der Waals surface area contributed by atoms with Gasteiger partial charge in [0.05, 0.1) is 19.4 Å². The molecule has 0 aliphatic carbocycles. The Balaban J connectivity index is 1.77. The summed E-state index contributed by atoms with van der Waals surface area (Å²) < 4.78 is 24.1. The number of aliphatic hydroxyl groups excluding tert-OH is 1. The fraction of sp³-hybridized carbons (Fsp3) is 0.160. The van der Waals surface area contributed by atoms with Crippen molar-refractivity contribution in [1.82, 2.24) is 9.97 Å². The van der Waals surface area contributed by atoms with Gasteiger partial charge in [-0.25, -0.2) is 14.2 Å². The van der Waals surface area contributed by atoms with E-state index in [1.54, 1.807) is 18.3 Å². The number of carbonyl (C=O) groups excluding carboxylic acids is 1. The van der Waals surface area contributed by atoms with E-state index in [-0.39, 0.29) is 30.5 Å². The number of benzene rings is 2. The van der Waals surface area contributed by atoms with Crippen molar-refractivity contribution in [2.75, 3.05) is 7.11 Å². The Labute approximate surface area is 184 Å². The smallest absolute Gasteiger partial charge is 0.360 e. The number of methoxy groups -OCH3 is 1. The van der Waals surface area contributed by atoms with Crippen LogP contribution in [-0.2, 0) is 24.4 Å². The second-order valence-electron chi connectivity index (χ2n) is 7.20. The normalized spacial score (nSPS) is 10.8. The highest BCUT2D eigenvalue weighted by molar-refractivity contribution is 5.98. The summed E-state index contributed by atoms with van der Waals surface area (Å²) in [5.74, 6) is -0.782. The molecule has 0 unspecified atom stereocenters. The summed E-state index contributed by atoms with van der Waals surface area (Å²) in [6.45, 7) is -0.180. The molecule has 0 atom stereocenters. The van der Waals surface area contributed by atoms with Crippen LogP contribution < -0.4 is 4.74 Å². The van der Waals surface area contributed by atoms with Crippen molar-refractivity contribution in [2.24, 2.45) is 0 Å². The van der Waals surface area contributed by atoms with E-state index in [0.717, 1.165) is 16.7 Å². The van der Waals surface area contributed by atoms with Crippen LogP contribution in [0.4, 0.5) is 4.39 Å². The third-order valence-electron chi connectivity index (χ3n) is 5.01. The van der Waals surface area contributed by atoms with Crippen LogP contribution in [-0.4, -0.2) is 28.2 Å². The first-order valence-corrected chi connectivity index (χ1v) is 10.0. The second kappa shape index (κ2) is 9.53. The Morgan fingerprint density at radius 1 is 1.03 bits per heavy atom. The van der Waals surface area contributed by atoms with Crippen molar-refractivity contribution in [3.63, 3.8) is 0 Å². The van der Waals surface area contributed by atoms with Crippen LogP contribution in [0.3, 0.4) is 0 Å². The Bertz CT molecular complexity index is 1240. The molecule has 32 heavy (non-hydrogen) atoms. The van der Waals surface area contributed by atoms with Crippen LogP contribution in [0.15, 0.2) is 66.9 Å². The molecule has 0 aliphatic rings. The monoisotopic (exact) mass is 432 g/mol. The van der Waals surface area contributed by atoms with Gasteiger partial charge in [0, 0.05) is 11.6 Å². The van der Waals surface area contributed by atoms with Gasteiger partial charge in [-0.1, -0.05) is 42.5 Å². The summed E-state index contributed by atoms with van der Waals surface area (Å²) >= 11 is 0. The summed E-state index contributed by atoms with van der Waals surface area (Å²) in [6.07, 6.45) is 2.19. The summed E-state index contributed by atoms with van der Waals surface area (Å²) in [5, 5.41) is 10.5. The van der Waals surface area contributed by atoms with Crippen molar-refractivity contribution in [3.05, 3.63) is 101 Å². The van der Waals surface area contributed by atoms with E-state index in [1.807, 2.05) is 36.4 Å². The molecule has 2 aromatic carbocycles. The van der Waals surface area contributed by atoms with Crippen molar-refractivity contribution in [2.45, 2.75) is 19.6 Å². The molecule has 4 aromatic rings. The van der Waals surface area contributed by atoms with E-state index in [2.05, 4.69) is 9.97 Å². The third-order valence-corrected chi connectivity index (χ3v) is 5.01. The van der Waals surface area contributed by atoms with Gasteiger partial charge >= 0.3 is 5.97 Å². The molecule has 0 amide bonds. The number of aliphatic hydroxyl groups is 1. The Kier molecular flexibility index (Phi) is 6.37. The number of fused-ring (bicyclic) bond motifs is 1. The maximum Gasteiger partial charge on any atom is 0.360 e. The SMILES string of the molecule is COC(=O)c1nc(CO)c2cc(Cc3ccc(F)cc3)cnc2c1OCc1ccccc1. The lowest BCUT2D eigenvalue weighted by atomic mass is 10.0. The van der Waals surface area contributed by atoms with Crippen LogP contribution in [0.5, 0.6) is 5.75 Å². The van der Waals surface area contributed by atoms with Gasteiger partial charge in [-0.3, -0.25) is 4.98 Å². The number of esters is 1. The molecule has 0 radical (unpaired) electrons. The highest BCUT2D eigenvalue weighted by Crippen LogP contribution is 2.31. The lowest BCUT2D eigenvalue weighted by Crippen LogP contribution is -2.12. The van der Waals surface area contributed by atoms with E-state index >= 15 is 0 Å². The summed E-state index contributed by atoms with van der Waals surface area (Å²) in [4.78, 5) is 21.2. The van der Waals surface area contributed by atoms with Gasteiger partial charge < -0.3 is 14.6 Å². The number of hydrogen-bond donors (Lipinski definition) is 1. The zero-order chi connectivity index (χ0) is 22.5. The maximum atomic E-state index is 13.2. The average molecular weight is 432 g/mol. The first kappa shape index (κ1) is 21.4. The zero-order valence-corrected chi connectivity index (χ0v) is 17.4. The van der Waals surface area contributed by atoms with Gasteiger partial charge in [0.25, 0.3) is 0 Å². The van der Waals surface area contributed by atoms with Gasteiger partial charge in [-0.2, -0.15) is 0 Å². The summed E-state index contributed by atoms with van der Waals surface area (Å²) in [6, 6.07) is 17.6. The quantitative estimate of drug-likeness (QED) is 0.441. The zero-order valence-electron chi connectivity index (χ0n) is 17.4. The number of nitrogens with zero attached hydrogens (tertiary/aromatic N) is 2. The molecular formula is C25H21FN2O4. The number of aromatic nitrogens is 2. The van der Waals surface area contributed by atoms with Crippen molar-refractivity contribution < 1.29 is 23.8 Å². The first-order chi connectivity index (χ1) is 15.6. The average Bonchev–Trinajstić information content (AvgIpc) is 2.83. The molecule has 2 aromatic heterocycles. The lowest BCUT2D eigenvalue weighted by Gasteiger charge is -2.15. The molecule has 162 valence electrons. The standard InChI is InChI=1S/C25H21FN2O4/c1-31-25(30)23-24(32-15-17-5-3-2-4-6-17)22-20(21(14-29)28-23)12-18(13-27-22)11-16-7-9-19(26)10-8-16/h2-10,12-13,29H,11,14-15H2,1H3. The number of carbonyl (C=O) groups is 1. The molecule has 7 heteroatoms. The number of rotatable bonds is 7. The minimum absolute atomic E-state index is 0.0428. The largest absolute Gasteiger partial charge is 0.484 e. The van der Waals surface area contributed by atoms with Crippen LogP contribution >= 0.6 is 0 Å². The molecule has 0 aliphatic heterocycles. The van der Waals surface area contributed by atoms with Crippen LogP contribution in [0.2, 0.25) is 0 Å². The molecule has 0 fully saturated rings. The van der Waals surface area contributed by atoms with Gasteiger partial charge in [0.2, 0.25) is 0 Å². The minimum atomic E-state index is -0.679. The first-order valence-electron chi connectivity index (χ1n) is 10.0. The Morgan fingerprint density at radius 3 is 2.47 bits per heavy atom. The fourth-order valence-electron chi connectivity index (χ4n) is 3.42. The van der Waals surface area contributed by atoms with E-state index in [4.69, 9.17) is 9.47 Å². The molecular weight excluding hydrogens is 411 g/mol. The molecule has 0 saturated carbocycles. The predicted molar refractivity (Wildman–Crippen MR) is 117 cm³/mol. The molecule has 4 rings (SSSR count). The van der Waals surface area contributed by atoms with Gasteiger partial charge in [-0.15, -0.1) is 0 Å². The fourth-order valence-corrected chi connectivity index (χ4v) is 3.42. The molecule has 6 nitrogen and oxygen atoms in total. The van der Waals surface area contributed by atoms with E-state index in [0.29, 0.717) is 23.0 Å². The third kappa shape index (κ3) is 4.58. The van der Waals surface area contributed by atoms with Crippen LogP contribution in [0, 0.1) is 5.82 Å². The lowest BCUT2D eigenvalue weighted by molar-refractivity contribution is 0.0588. The van der Waals surface area contributed by atoms with Gasteiger partial charge in [0.15, 0.2) is 11.4 Å². The predicted octanol–water partition coefficient (Wildman–Crippen LogP) is 4.22. The van der Waals surface area contributed by atoms with E-state index in [1.165, 1.54) is 19.2 Å². The highest BCUT2D eigenvalue weighted by atomic mass is 19.1. The number of halogens is 1. The van der Waals surface area contributed by atoms with Crippen LogP contribution in [0.1, 0.15) is 32.9 Å². The molecule has 2 heterocycles. The summed E-state index contributed by atoms with van der Waals surface area (Å²) in [7, 11) is 1.26. The maximum absolute atomic E-state index is 13.2. The number of hydrogen-bond acceptors (Lipinski definition) is 6. The van der Waals surface area contributed by atoms with E-state index < -0.39 is 5.97 Å². The number of pyridine rings is 2. The Hall–Kier alpha value is -3.84. The van der Waals surface area contributed by atoms with Gasteiger partial charge in [0.1, 0.15) is 17.9 Å². The highest BCUT2D eigenvalue weighted by Gasteiger charge is 2.23. The topological polar surface area (TPSA) is 81.5 Å². The molecule has 0 bridgehead atoms. The summed E-state index contributed by atoms with van der Waals surface area (Å²) in [5.41, 5.74) is 3.33. The molecule has 0 saturated heterocycles. The van der Waals surface area contributed by atoms with Gasteiger partial charge in [-0.05, 0) is 41.3 Å². The Morgan fingerprint density at radius 2 is 1.78 bits per heavy atom. The second-order valence-corrected chi connectivity index (χ2v) is 7.20. The molecule has 0 spiro atoms. The van der Waals surface area contributed by atoms with Crippen LogP contribution in [0.25, 0.3) is 10.9 Å². The van der Waals surface area contributed by atoms with Crippen molar-refractivity contribution in [1.29, 1.82) is 0 Å². The van der Waals surface area contributed by atoms with Crippen molar-refractivity contribution >= 4 is 16.9 Å².